The monoisotopic (exact) mass is 560 g/mol. The predicted octanol–water partition coefficient (Wildman–Crippen LogP) is 2.53. The van der Waals surface area contributed by atoms with Crippen LogP contribution in [-0.4, -0.2) is 80.8 Å². The zero-order valence-electron chi connectivity index (χ0n) is 22.6. The molecule has 2 saturated heterocycles. The van der Waals surface area contributed by atoms with Gasteiger partial charge >= 0.3 is 11.9 Å². The molecule has 0 spiro atoms. The average molecular weight is 561 g/mol. The number of methoxy groups -OCH3 is 2. The zero-order valence-corrected chi connectivity index (χ0v) is 22.6. The number of aromatic hydroxyl groups is 1. The molecule has 2 aromatic carbocycles. The number of aryl methyl sites for hydroxylation is 1. The molecule has 2 fully saturated rings. The van der Waals surface area contributed by atoms with E-state index in [0.29, 0.717) is 12.2 Å². The van der Waals surface area contributed by atoms with Crippen LogP contribution in [0.1, 0.15) is 36.2 Å². The largest absolute Gasteiger partial charge is 0.507 e. The highest BCUT2D eigenvalue weighted by Crippen LogP contribution is 2.36. The highest BCUT2D eigenvalue weighted by Gasteiger charge is 2.54. The third-order valence-corrected chi connectivity index (χ3v) is 6.38. The number of benzene rings is 2. The minimum Gasteiger partial charge on any atom is -0.507 e. The number of hydrogen-bond donors (Lipinski definition) is 1. The number of Topliss-reactive ketones (excluding diaryl/α,β-unsaturated/α-hetero) is 1. The molecule has 0 aromatic heterocycles. The third-order valence-electron chi connectivity index (χ3n) is 6.38. The van der Waals surface area contributed by atoms with Crippen LogP contribution in [0.5, 0.6) is 17.2 Å². The number of phenolic OH excluding ortho intramolecular Hbond substituents is 1. The summed E-state index contributed by atoms with van der Waals surface area (Å²) in [4.78, 5) is 37.3. The molecule has 2 heterocycles. The number of ether oxygens (including phenoxy) is 8. The lowest BCUT2D eigenvalue weighted by Gasteiger charge is -2.47. The molecule has 12 heteroatoms. The van der Waals surface area contributed by atoms with Gasteiger partial charge in [0.15, 0.2) is 11.9 Å². The van der Waals surface area contributed by atoms with Crippen molar-refractivity contribution in [1.82, 2.24) is 0 Å². The zero-order chi connectivity index (χ0) is 28.8. The Hall–Kier alpha value is -3.71. The summed E-state index contributed by atoms with van der Waals surface area (Å²) in [6.07, 6.45) is -5.04. The number of rotatable bonds is 10. The molecule has 0 amide bonds. The number of fused-ring (bicyclic) bond motifs is 1. The highest BCUT2D eigenvalue weighted by atomic mass is 16.9. The van der Waals surface area contributed by atoms with Crippen LogP contribution in [0.4, 0.5) is 0 Å². The Morgan fingerprint density at radius 2 is 1.65 bits per heavy atom. The van der Waals surface area contributed by atoms with Gasteiger partial charge in [-0.05, 0) is 36.2 Å². The van der Waals surface area contributed by atoms with Gasteiger partial charge in [0.2, 0.25) is 12.4 Å². The summed E-state index contributed by atoms with van der Waals surface area (Å²) in [6, 6.07) is 11.6. The Morgan fingerprint density at radius 1 is 0.950 bits per heavy atom. The van der Waals surface area contributed by atoms with Crippen molar-refractivity contribution in [2.75, 3.05) is 20.8 Å². The molecule has 216 valence electrons. The van der Waals surface area contributed by atoms with Crippen LogP contribution in [0.15, 0.2) is 42.5 Å². The second-order valence-corrected chi connectivity index (χ2v) is 9.19. The van der Waals surface area contributed by atoms with E-state index in [4.69, 9.17) is 37.9 Å². The highest BCUT2D eigenvalue weighted by molar-refractivity contribution is 6.01. The van der Waals surface area contributed by atoms with Crippen molar-refractivity contribution in [3.63, 3.8) is 0 Å². The van der Waals surface area contributed by atoms with Crippen LogP contribution in [0, 0.1) is 0 Å². The first-order valence-electron chi connectivity index (χ1n) is 12.6. The molecule has 4 rings (SSSR count). The van der Waals surface area contributed by atoms with Crippen molar-refractivity contribution in [1.29, 1.82) is 0 Å². The smallest absolute Gasteiger partial charge is 0.303 e. The summed E-state index contributed by atoms with van der Waals surface area (Å²) < 4.78 is 44.5. The lowest BCUT2D eigenvalue weighted by atomic mass is 9.97. The minimum atomic E-state index is -1.35. The van der Waals surface area contributed by atoms with E-state index in [2.05, 4.69) is 0 Å². The summed E-state index contributed by atoms with van der Waals surface area (Å²) in [6.45, 7) is 1.31. The third kappa shape index (κ3) is 6.89. The van der Waals surface area contributed by atoms with Crippen LogP contribution in [0.3, 0.4) is 0 Å². The molecule has 12 nitrogen and oxygen atoms in total. The lowest BCUT2D eigenvalue weighted by Crippen LogP contribution is -2.65. The van der Waals surface area contributed by atoms with Crippen molar-refractivity contribution in [3.05, 3.63) is 53.6 Å². The number of hydrogen-bond acceptors (Lipinski definition) is 12. The Kier molecular flexibility index (Phi) is 9.58. The van der Waals surface area contributed by atoms with E-state index in [1.54, 1.807) is 19.2 Å². The molecular weight excluding hydrogens is 528 g/mol. The summed E-state index contributed by atoms with van der Waals surface area (Å²) in [5, 5.41) is 10.6. The van der Waals surface area contributed by atoms with Gasteiger partial charge in [-0.25, -0.2) is 0 Å². The molecular formula is C28H32O12. The number of esters is 2. The fourth-order valence-corrected chi connectivity index (χ4v) is 4.58. The fourth-order valence-electron chi connectivity index (χ4n) is 4.58. The van der Waals surface area contributed by atoms with Gasteiger partial charge in [0.05, 0.1) is 13.7 Å². The number of ketones is 1. The van der Waals surface area contributed by atoms with Crippen molar-refractivity contribution in [3.8, 4) is 17.2 Å². The van der Waals surface area contributed by atoms with Gasteiger partial charge in [-0.1, -0.05) is 18.2 Å². The van der Waals surface area contributed by atoms with Crippen molar-refractivity contribution in [2.45, 2.75) is 63.9 Å². The Bertz CT molecular complexity index is 1200. The second-order valence-electron chi connectivity index (χ2n) is 9.19. The minimum absolute atomic E-state index is 0.00526. The average Bonchev–Trinajstić information content (AvgIpc) is 2.93. The number of carbonyl (C=O) groups is 3. The van der Waals surface area contributed by atoms with Crippen LogP contribution in [-0.2, 0) is 44.4 Å². The van der Waals surface area contributed by atoms with E-state index in [9.17, 15) is 19.5 Å². The molecule has 0 unspecified atom stereocenters. The maximum absolute atomic E-state index is 13.3. The van der Waals surface area contributed by atoms with Gasteiger partial charge in [-0.2, -0.15) is 0 Å². The molecule has 2 aliphatic heterocycles. The quantitative estimate of drug-likeness (QED) is 0.337. The summed E-state index contributed by atoms with van der Waals surface area (Å²) >= 11 is 0. The molecule has 1 N–H and O–H groups in total. The van der Waals surface area contributed by atoms with Crippen LogP contribution >= 0.6 is 0 Å². The molecule has 0 bridgehead atoms. The molecule has 0 saturated carbocycles. The van der Waals surface area contributed by atoms with Crippen LogP contribution < -0.4 is 9.47 Å². The first-order valence-corrected chi connectivity index (χ1v) is 12.6. The molecule has 6 atom stereocenters. The summed E-state index contributed by atoms with van der Waals surface area (Å²) in [5.74, 6) is -1.34. The van der Waals surface area contributed by atoms with Gasteiger partial charge in [0.25, 0.3) is 6.48 Å². The van der Waals surface area contributed by atoms with Gasteiger partial charge in [0.1, 0.15) is 35.0 Å². The van der Waals surface area contributed by atoms with Crippen LogP contribution in [0.25, 0.3) is 0 Å². The molecule has 0 aliphatic carbocycles. The summed E-state index contributed by atoms with van der Waals surface area (Å²) in [5.41, 5.74) is 0.836. The van der Waals surface area contributed by atoms with Crippen molar-refractivity contribution < 1.29 is 57.4 Å². The number of phenols is 1. The van der Waals surface area contributed by atoms with Gasteiger partial charge in [-0.3, -0.25) is 14.4 Å². The predicted molar refractivity (Wildman–Crippen MR) is 136 cm³/mol. The normalized spacial score (nSPS) is 25.8. The maximum Gasteiger partial charge on any atom is 0.303 e. The fraction of sp³-hybridized carbons (Fsp3) is 0.464. The van der Waals surface area contributed by atoms with Gasteiger partial charge < -0.3 is 43.0 Å². The summed E-state index contributed by atoms with van der Waals surface area (Å²) in [7, 11) is 2.94. The molecule has 40 heavy (non-hydrogen) atoms. The molecule has 0 radical (unpaired) electrons. The van der Waals surface area contributed by atoms with E-state index >= 15 is 0 Å². The van der Waals surface area contributed by atoms with Crippen molar-refractivity contribution >= 4 is 17.7 Å². The van der Waals surface area contributed by atoms with E-state index < -0.39 is 49.1 Å². The Balaban J connectivity index is 1.59. The van der Waals surface area contributed by atoms with E-state index in [1.165, 1.54) is 39.2 Å². The standard InChI is InChI=1S/C28H32O12/c1-15(29)36-25-24-22(14-35-28(34-4)40-24)39-27(26(25)37-16(2)30)38-21-7-5-6-19(31)23(21)20(32)13-10-17-8-11-18(33-3)12-9-17/h5-9,11-12,22,24-28,31H,10,13-14H2,1-4H3/t22-,24-,25+,26-,27-,28+/m1/s1. The second kappa shape index (κ2) is 13.1. The topological polar surface area (TPSA) is 145 Å². The van der Waals surface area contributed by atoms with Crippen molar-refractivity contribution in [2.24, 2.45) is 0 Å². The number of carbonyl (C=O) groups excluding carboxylic acids is 3. The van der Waals surface area contributed by atoms with E-state index in [-0.39, 0.29) is 35.9 Å². The van der Waals surface area contributed by atoms with Crippen LogP contribution in [0.2, 0.25) is 0 Å². The maximum atomic E-state index is 13.3. The van der Waals surface area contributed by atoms with Gasteiger partial charge in [0, 0.05) is 27.4 Å². The Morgan fingerprint density at radius 3 is 2.30 bits per heavy atom. The Labute approximate surface area is 231 Å². The lowest BCUT2D eigenvalue weighted by molar-refractivity contribution is -0.394. The molecule has 2 aromatic rings. The SMILES string of the molecule is COc1ccc(CCC(=O)c2c(O)cccc2O[C@@H]2O[C@@H]3CO[C@H](OC)O[C@H]3[C@H](OC(C)=O)[C@H]2OC(C)=O)cc1. The first-order chi connectivity index (χ1) is 19.2. The van der Waals surface area contributed by atoms with E-state index in [0.717, 1.165) is 5.56 Å². The van der Waals surface area contributed by atoms with E-state index in [1.807, 2.05) is 12.1 Å². The molecule has 2 aliphatic rings. The first kappa shape index (κ1) is 29.3. The van der Waals surface area contributed by atoms with Gasteiger partial charge in [-0.15, -0.1) is 0 Å².